The van der Waals surface area contributed by atoms with Crippen LogP contribution < -0.4 is 0 Å². The molecular weight excluding hydrogens is 393 g/mol. The van der Waals surface area contributed by atoms with Gasteiger partial charge in [-0.3, -0.25) is 9.20 Å². The van der Waals surface area contributed by atoms with Crippen molar-refractivity contribution in [1.29, 1.82) is 0 Å². The summed E-state index contributed by atoms with van der Waals surface area (Å²) in [6.45, 7) is 1.69. The highest BCUT2D eigenvalue weighted by Crippen LogP contribution is 2.29. The van der Waals surface area contributed by atoms with E-state index >= 15 is 0 Å². The molecule has 162 valence electrons. The Morgan fingerprint density at radius 3 is 2.77 bits per heavy atom. The number of pyridine rings is 1. The van der Waals surface area contributed by atoms with Crippen LogP contribution in [0.1, 0.15) is 50.6 Å². The summed E-state index contributed by atoms with van der Waals surface area (Å²) in [6, 6.07) is 4.97. The minimum Gasteiger partial charge on any atom is -0.342 e. The molecule has 2 fully saturated rings. The van der Waals surface area contributed by atoms with E-state index in [1.807, 2.05) is 6.07 Å². The first-order valence-corrected chi connectivity index (χ1v) is 11.4. The Labute approximate surface area is 181 Å². The largest absolute Gasteiger partial charge is 0.342 e. The van der Waals surface area contributed by atoms with Gasteiger partial charge in [0.05, 0.1) is 6.20 Å². The van der Waals surface area contributed by atoms with Crippen molar-refractivity contribution < 1.29 is 9.18 Å². The van der Waals surface area contributed by atoms with E-state index < -0.39 is 0 Å². The number of fused-ring (bicyclic) bond motifs is 1. The third kappa shape index (κ3) is 4.45. The molecule has 4 heterocycles. The van der Waals surface area contributed by atoms with Gasteiger partial charge in [-0.1, -0.05) is 12.8 Å². The highest BCUT2D eigenvalue weighted by molar-refractivity contribution is 5.76. The Kier molecular flexibility index (Phi) is 5.66. The number of hydrogen-bond acceptors (Lipinski definition) is 4. The van der Waals surface area contributed by atoms with Crippen molar-refractivity contribution >= 4 is 11.6 Å². The van der Waals surface area contributed by atoms with Crippen molar-refractivity contribution in [2.75, 3.05) is 13.1 Å². The zero-order chi connectivity index (χ0) is 21.2. The normalized spacial score (nSPS) is 19.9. The van der Waals surface area contributed by atoms with Crippen molar-refractivity contribution in [1.82, 2.24) is 24.3 Å². The molecule has 0 bridgehead atoms. The number of nitrogens with zero attached hydrogens (tertiary/aromatic N) is 5. The number of halogens is 1. The average molecular weight is 422 g/mol. The molecule has 3 aromatic heterocycles. The fourth-order valence-corrected chi connectivity index (χ4v) is 5.10. The van der Waals surface area contributed by atoms with E-state index in [9.17, 15) is 9.18 Å². The van der Waals surface area contributed by atoms with Crippen LogP contribution >= 0.6 is 0 Å². The van der Waals surface area contributed by atoms with Gasteiger partial charge in [-0.25, -0.2) is 19.3 Å². The number of carbonyl (C=O) groups excluding carboxylic acids is 1. The lowest BCUT2D eigenvalue weighted by Crippen LogP contribution is -2.41. The van der Waals surface area contributed by atoms with Gasteiger partial charge in [0, 0.05) is 37.6 Å². The maximum absolute atomic E-state index is 13.7. The minimum absolute atomic E-state index is 0.326. The summed E-state index contributed by atoms with van der Waals surface area (Å²) in [5.74, 6) is 1.54. The highest BCUT2D eigenvalue weighted by atomic mass is 19.1. The third-order valence-corrected chi connectivity index (χ3v) is 6.72. The van der Waals surface area contributed by atoms with Gasteiger partial charge in [0.25, 0.3) is 0 Å². The molecule has 3 aromatic rings. The third-order valence-electron chi connectivity index (χ3n) is 6.72. The standard InChI is InChI=1S/C24H28FN5O/c25-19-7-8-22-27-14-21(30(22)16-19)24-26-10-9-20(28-24)12-18-6-3-11-29(15-18)23(31)13-17-4-1-2-5-17/h7-10,14,16-18H,1-6,11-13,15H2/t18-/m0/s1. The van der Waals surface area contributed by atoms with Crippen LogP contribution in [0.15, 0.2) is 36.8 Å². The van der Waals surface area contributed by atoms with E-state index in [0.717, 1.165) is 44.5 Å². The van der Waals surface area contributed by atoms with Crippen LogP contribution in [0.3, 0.4) is 0 Å². The Hall–Kier alpha value is -2.83. The van der Waals surface area contributed by atoms with Crippen molar-refractivity contribution in [2.24, 2.45) is 11.8 Å². The number of piperidine rings is 1. The van der Waals surface area contributed by atoms with Crippen LogP contribution in [0.4, 0.5) is 4.39 Å². The topological polar surface area (TPSA) is 63.4 Å². The number of carbonyl (C=O) groups is 1. The summed E-state index contributed by atoms with van der Waals surface area (Å²) in [5, 5.41) is 0. The molecule has 0 spiro atoms. The van der Waals surface area contributed by atoms with Crippen molar-refractivity contribution in [3.63, 3.8) is 0 Å². The predicted molar refractivity (Wildman–Crippen MR) is 116 cm³/mol. The van der Waals surface area contributed by atoms with E-state index in [1.54, 1.807) is 22.9 Å². The van der Waals surface area contributed by atoms with Gasteiger partial charge in [0.15, 0.2) is 5.82 Å². The molecule has 5 rings (SSSR count). The molecule has 1 saturated carbocycles. The van der Waals surface area contributed by atoms with Gasteiger partial charge in [0.1, 0.15) is 17.2 Å². The number of amides is 1. The number of aromatic nitrogens is 4. The van der Waals surface area contributed by atoms with Gasteiger partial charge in [-0.15, -0.1) is 0 Å². The van der Waals surface area contributed by atoms with Crippen LogP contribution in [0, 0.1) is 17.7 Å². The zero-order valence-electron chi connectivity index (χ0n) is 17.7. The second-order valence-electron chi connectivity index (χ2n) is 9.00. The molecule has 0 unspecified atom stereocenters. The van der Waals surface area contributed by atoms with E-state index in [2.05, 4.69) is 14.9 Å². The lowest BCUT2D eigenvalue weighted by molar-refractivity contribution is -0.134. The molecular formula is C24H28FN5O. The fraction of sp³-hybridized carbons (Fsp3) is 0.500. The molecule has 2 aliphatic rings. The number of imidazole rings is 1. The number of rotatable bonds is 5. The zero-order valence-corrected chi connectivity index (χ0v) is 17.7. The summed E-state index contributed by atoms with van der Waals surface area (Å²) in [6.07, 6.45) is 13.5. The van der Waals surface area contributed by atoms with Crippen LogP contribution in [-0.4, -0.2) is 43.2 Å². The first-order valence-electron chi connectivity index (χ1n) is 11.4. The number of likely N-dealkylation sites (tertiary alicyclic amines) is 1. The molecule has 0 radical (unpaired) electrons. The molecule has 6 nitrogen and oxygen atoms in total. The maximum atomic E-state index is 13.7. The molecule has 1 saturated heterocycles. The lowest BCUT2D eigenvalue weighted by atomic mass is 9.92. The van der Waals surface area contributed by atoms with Crippen LogP contribution in [-0.2, 0) is 11.2 Å². The Bertz CT molecular complexity index is 1070. The minimum atomic E-state index is -0.326. The van der Waals surface area contributed by atoms with E-state index in [-0.39, 0.29) is 5.82 Å². The summed E-state index contributed by atoms with van der Waals surface area (Å²) in [7, 11) is 0. The number of hydrogen-bond donors (Lipinski definition) is 0. The van der Waals surface area contributed by atoms with Gasteiger partial charge in [-0.2, -0.15) is 0 Å². The van der Waals surface area contributed by atoms with Crippen molar-refractivity contribution in [3.05, 3.63) is 48.3 Å². The highest BCUT2D eigenvalue weighted by Gasteiger charge is 2.27. The van der Waals surface area contributed by atoms with Crippen molar-refractivity contribution in [2.45, 2.75) is 51.4 Å². The van der Waals surface area contributed by atoms with Gasteiger partial charge < -0.3 is 4.90 Å². The molecule has 0 aromatic carbocycles. The Balaban J connectivity index is 1.28. The molecule has 7 heteroatoms. The van der Waals surface area contributed by atoms with Crippen LogP contribution in [0.2, 0.25) is 0 Å². The average Bonchev–Trinajstić information content (AvgIpc) is 3.43. The smallest absolute Gasteiger partial charge is 0.222 e. The van der Waals surface area contributed by atoms with E-state index in [1.165, 1.54) is 37.9 Å². The molecule has 0 N–H and O–H groups in total. The second kappa shape index (κ2) is 8.73. The molecule has 1 atom stereocenters. The molecule has 1 amide bonds. The molecule has 1 aliphatic heterocycles. The summed E-state index contributed by atoms with van der Waals surface area (Å²) in [4.78, 5) is 28.3. The predicted octanol–water partition coefficient (Wildman–Crippen LogP) is 4.29. The van der Waals surface area contributed by atoms with E-state index in [4.69, 9.17) is 4.98 Å². The quantitative estimate of drug-likeness (QED) is 0.616. The second-order valence-corrected chi connectivity index (χ2v) is 9.00. The Morgan fingerprint density at radius 2 is 1.90 bits per heavy atom. The van der Waals surface area contributed by atoms with Crippen molar-refractivity contribution in [3.8, 4) is 11.5 Å². The first kappa shape index (κ1) is 20.1. The summed E-state index contributed by atoms with van der Waals surface area (Å²) in [5.41, 5.74) is 2.29. The van der Waals surface area contributed by atoms with E-state index in [0.29, 0.717) is 34.9 Å². The van der Waals surface area contributed by atoms with Crippen LogP contribution in [0.5, 0.6) is 0 Å². The monoisotopic (exact) mass is 421 g/mol. The van der Waals surface area contributed by atoms with Gasteiger partial charge >= 0.3 is 0 Å². The summed E-state index contributed by atoms with van der Waals surface area (Å²) >= 11 is 0. The van der Waals surface area contributed by atoms with Crippen LogP contribution in [0.25, 0.3) is 17.2 Å². The van der Waals surface area contributed by atoms with Gasteiger partial charge in [0.2, 0.25) is 5.91 Å². The molecule has 1 aliphatic carbocycles. The maximum Gasteiger partial charge on any atom is 0.222 e. The Morgan fingerprint density at radius 1 is 1.06 bits per heavy atom. The van der Waals surface area contributed by atoms with Gasteiger partial charge in [-0.05, 0) is 62.1 Å². The SMILES string of the molecule is O=C(CC1CCCC1)N1CCC[C@@H](Cc2ccnc(-c3cnc4ccc(F)cn34)n2)C1. The first-order chi connectivity index (χ1) is 15.2. The summed E-state index contributed by atoms with van der Waals surface area (Å²) < 4.78 is 15.4. The fourth-order valence-electron chi connectivity index (χ4n) is 5.10. The molecule has 31 heavy (non-hydrogen) atoms. The lowest BCUT2D eigenvalue weighted by Gasteiger charge is -2.33.